The number of piperazine rings is 1. The van der Waals surface area contributed by atoms with Crippen LogP contribution in [0.2, 0.25) is 0 Å². The van der Waals surface area contributed by atoms with Crippen molar-refractivity contribution < 1.29 is 4.79 Å². The van der Waals surface area contributed by atoms with E-state index in [1.165, 1.54) is 0 Å². The predicted octanol–water partition coefficient (Wildman–Crippen LogP) is 2.27. The Morgan fingerprint density at radius 2 is 1.91 bits per heavy atom. The molecule has 1 aromatic carbocycles. The number of aromatic nitrogens is 2. The van der Waals surface area contributed by atoms with Crippen molar-refractivity contribution in [3.63, 3.8) is 0 Å². The minimum Gasteiger partial charge on any atom is -0.339 e. The Labute approximate surface area is 136 Å². The van der Waals surface area contributed by atoms with Crippen LogP contribution in [-0.4, -0.2) is 46.5 Å². The molecule has 5 heteroatoms. The predicted molar refractivity (Wildman–Crippen MR) is 92.2 cm³/mol. The maximum atomic E-state index is 12.3. The molecular formula is C18H22N4O. The highest BCUT2D eigenvalue weighted by molar-refractivity contribution is 5.91. The van der Waals surface area contributed by atoms with E-state index < -0.39 is 0 Å². The Morgan fingerprint density at radius 1 is 1.17 bits per heavy atom. The minimum absolute atomic E-state index is 0.0762. The number of carbonyl (C=O) groups is 1. The molecule has 0 atom stereocenters. The molecule has 23 heavy (non-hydrogen) atoms. The average Bonchev–Trinajstić information content (AvgIpc) is 3.09. The van der Waals surface area contributed by atoms with Gasteiger partial charge in [0, 0.05) is 51.2 Å². The molecule has 3 rings (SSSR count). The van der Waals surface area contributed by atoms with Gasteiger partial charge in [0.25, 0.3) is 0 Å². The first-order valence-corrected chi connectivity index (χ1v) is 8.06. The smallest absolute Gasteiger partial charge is 0.246 e. The Hall–Kier alpha value is -2.56. The molecule has 2 aromatic rings. The number of hydrogen-bond donors (Lipinski definition) is 0. The summed E-state index contributed by atoms with van der Waals surface area (Å²) in [6, 6.07) is 9.90. The first kappa shape index (κ1) is 15.3. The first-order chi connectivity index (χ1) is 11.3. The van der Waals surface area contributed by atoms with Gasteiger partial charge in [0.05, 0.1) is 0 Å². The molecule has 1 aliphatic rings. The quantitative estimate of drug-likeness (QED) is 0.814. The third kappa shape index (κ3) is 3.62. The van der Waals surface area contributed by atoms with E-state index in [0.29, 0.717) is 0 Å². The molecule has 0 aliphatic carbocycles. The summed E-state index contributed by atoms with van der Waals surface area (Å²) >= 11 is 0. The lowest BCUT2D eigenvalue weighted by Gasteiger charge is -2.35. The molecule has 1 aliphatic heterocycles. The fourth-order valence-electron chi connectivity index (χ4n) is 2.80. The van der Waals surface area contributed by atoms with Crippen molar-refractivity contribution in [3.8, 4) is 0 Å². The zero-order chi connectivity index (χ0) is 16.1. The Morgan fingerprint density at radius 3 is 2.61 bits per heavy atom. The van der Waals surface area contributed by atoms with Crippen LogP contribution in [0.3, 0.4) is 0 Å². The number of anilines is 1. The number of benzene rings is 1. The van der Waals surface area contributed by atoms with Crippen LogP contribution >= 0.6 is 0 Å². The molecule has 1 saturated heterocycles. The molecular weight excluding hydrogens is 288 g/mol. The summed E-state index contributed by atoms with van der Waals surface area (Å²) in [5.74, 6) is 1.08. The number of rotatable bonds is 4. The van der Waals surface area contributed by atoms with Gasteiger partial charge in [0.1, 0.15) is 0 Å². The molecule has 0 radical (unpaired) electrons. The van der Waals surface area contributed by atoms with E-state index in [2.05, 4.69) is 21.4 Å². The van der Waals surface area contributed by atoms with E-state index in [9.17, 15) is 4.79 Å². The third-order valence-corrected chi connectivity index (χ3v) is 4.13. The number of imidazole rings is 1. The van der Waals surface area contributed by atoms with Gasteiger partial charge in [-0.3, -0.25) is 4.79 Å². The highest BCUT2D eigenvalue weighted by Crippen LogP contribution is 2.14. The molecule has 0 bridgehead atoms. The SMILES string of the molecule is CCn1ccnc1N1CCN(C(=O)/C=C/c2ccccc2)CC1. The summed E-state index contributed by atoms with van der Waals surface area (Å²) in [6.07, 6.45) is 7.37. The van der Waals surface area contributed by atoms with Gasteiger partial charge >= 0.3 is 0 Å². The van der Waals surface area contributed by atoms with Gasteiger partial charge in [0.15, 0.2) is 0 Å². The minimum atomic E-state index is 0.0762. The molecule has 1 aromatic heterocycles. The highest BCUT2D eigenvalue weighted by atomic mass is 16.2. The monoisotopic (exact) mass is 310 g/mol. The summed E-state index contributed by atoms with van der Waals surface area (Å²) in [7, 11) is 0. The van der Waals surface area contributed by atoms with Gasteiger partial charge in [-0.2, -0.15) is 0 Å². The molecule has 0 spiro atoms. The van der Waals surface area contributed by atoms with Crippen LogP contribution in [0, 0.1) is 0 Å². The zero-order valence-electron chi connectivity index (χ0n) is 13.4. The largest absolute Gasteiger partial charge is 0.339 e. The summed E-state index contributed by atoms with van der Waals surface area (Å²) in [5, 5.41) is 0. The molecule has 120 valence electrons. The maximum absolute atomic E-state index is 12.3. The highest BCUT2D eigenvalue weighted by Gasteiger charge is 2.21. The second kappa shape index (κ2) is 7.13. The molecule has 1 fully saturated rings. The van der Waals surface area contributed by atoms with Crippen LogP contribution in [0.25, 0.3) is 6.08 Å². The van der Waals surface area contributed by atoms with E-state index >= 15 is 0 Å². The molecule has 1 amide bonds. The van der Waals surface area contributed by atoms with Crippen LogP contribution < -0.4 is 4.90 Å². The van der Waals surface area contributed by atoms with Crippen molar-refractivity contribution in [1.29, 1.82) is 0 Å². The van der Waals surface area contributed by atoms with Crippen molar-refractivity contribution in [3.05, 3.63) is 54.4 Å². The van der Waals surface area contributed by atoms with E-state index in [-0.39, 0.29) is 5.91 Å². The van der Waals surface area contributed by atoms with Crippen molar-refractivity contribution in [1.82, 2.24) is 14.5 Å². The summed E-state index contributed by atoms with van der Waals surface area (Å²) in [4.78, 5) is 20.9. The number of aryl methyl sites for hydroxylation is 1. The van der Waals surface area contributed by atoms with Crippen molar-refractivity contribution in [2.24, 2.45) is 0 Å². The molecule has 0 saturated carbocycles. The fraction of sp³-hybridized carbons (Fsp3) is 0.333. The fourth-order valence-corrected chi connectivity index (χ4v) is 2.80. The lowest BCUT2D eigenvalue weighted by Crippen LogP contribution is -2.49. The second-order valence-electron chi connectivity index (χ2n) is 5.57. The van der Waals surface area contributed by atoms with E-state index in [0.717, 1.165) is 44.2 Å². The molecule has 2 heterocycles. The van der Waals surface area contributed by atoms with Gasteiger partial charge in [-0.15, -0.1) is 0 Å². The lowest BCUT2D eigenvalue weighted by atomic mass is 10.2. The third-order valence-electron chi connectivity index (χ3n) is 4.13. The summed E-state index contributed by atoms with van der Waals surface area (Å²) in [5.41, 5.74) is 1.05. The van der Waals surface area contributed by atoms with Gasteiger partial charge in [-0.05, 0) is 18.6 Å². The lowest BCUT2D eigenvalue weighted by molar-refractivity contribution is -0.126. The van der Waals surface area contributed by atoms with Crippen LogP contribution in [0.1, 0.15) is 12.5 Å². The van der Waals surface area contributed by atoms with E-state index in [4.69, 9.17) is 0 Å². The number of hydrogen-bond acceptors (Lipinski definition) is 3. The molecule has 0 unspecified atom stereocenters. The van der Waals surface area contributed by atoms with Gasteiger partial charge in [-0.25, -0.2) is 4.98 Å². The van der Waals surface area contributed by atoms with Crippen LogP contribution in [0.15, 0.2) is 48.8 Å². The Balaban J connectivity index is 1.56. The van der Waals surface area contributed by atoms with Crippen molar-refractivity contribution >= 4 is 17.9 Å². The topological polar surface area (TPSA) is 41.4 Å². The normalized spacial score (nSPS) is 15.3. The second-order valence-corrected chi connectivity index (χ2v) is 5.57. The van der Waals surface area contributed by atoms with Gasteiger partial charge < -0.3 is 14.4 Å². The Bertz CT molecular complexity index is 669. The Kier molecular flexibility index (Phi) is 4.76. The summed E-state index contributed by atoms with van der Waals surface area (Å²) in [6.45, 7) is 6.13. The summed E-state index contributed by atoms with van der Waals surface area (Å²) < 4.78 is 2.13. The van der Waals surface area contributed by atoms with Gasteiger partial charge in [0.2, 0.25) is 11.9 Å². The number of carbonyl (C=O) groups excluding carboxylic acids is 1. The van der Waals surface area contributed by atoms with Crippen LogP contribution in [0.5, 0.6) is 0 Å². The standard InChI is InChI=1S/C18H22N4O/c1-2-20-11-10-19-18(20)22-14-12-21(13-15-22)17(23)9-8-16-6-4-3-5-7-16/h3-11H,2,12-15H2,1H3/b9-8+. The van der Waals surface area contributed by atoms with Crippen molar-refractivity contribution in [2.75, 3.05) is 31.1 Å². The molecule has 0 N–H and O–H groups in total. The van der Waals surface area contributed by atoms with Crippen molar-refractivity contribution in [2.45, 2.75) is 13.5 Å². The van der Waals surface area contributed by atoms with E-state index in [1.807, 2.05) is 53.7 Å². The maximum Gasteiger partial charge on any atom is 0.246 e. The van der Waals surface area contributed by atoms with Crippen LogP contribution in [-0.2, 0) is 11.3 Å². The number of amides is 1. The van der Waals surface area contributed by atoms with Crippen LogP contribution in [0.4, 0.5) is 5.95 Å². The van der Waals surface area contributed by atoms with E-state index in [1.54, 1.807) is 6.08 Å². The van der Waals surface area contributed by atoms with Gasteiger partial charge in [-0.1, -0.05) is 30.3 Å². The zero-order valence-corrected chi connectivity index (χ0v) is 13.4. The number of nitrogens with zero attached hydrogens (tertiary/aromatic N) is 4. The molecule has 5 nitrogen and oxygen atoms in total. The average molecular weight is 310 g/mol. The first-order valence-electron chi connectivity index (χ1n) is 8.06.